The van der Waals surface area contributed by atoms with Crippen LogP contribution in [0.5, 0.6) is 0 Å². The highest BCUT2D eigenvalue weighted by Crippen LogP contribution is 2.30. The molecule has 0 radical (unpaired) electrons. The molecule has 41 heavy (non-hydrogen) atoms. The maximum absolute atomic E-state index is 13.3. The number of hydrogen-bond acceptors (Lipinski definition) is 9. The second-order valence-electron chi connectivity index (χ2n) is 10.2. The fraction of sp³-hybridized carbons (Fsp3) is 0.300. The van der Waals surface area contributed by atoms with Crippen LogP contribution in [0.3, 0.4) is 0 Å². The molecule has 0 spiro atoms. The Kier molecular flexibility index (Phi) is 9.16. The smallest absolute Gasteiger partial charge is 0.419 e. The van der Waals surface area contributed by atoms with E-state index in [1.54, 1.807) is 32.9 Å². The minimum Gasteiger partial charge on any atom is -0.445 e. The summed E-state index contributed by atoms with van der Waals surface area (Å²) >= 11 is 0. The minimum atomic E-state index is -0.741. The van der Waals surface area contributed by atoms with Crippen LogP contribution in [0.1, 0.15) is 32.0 Å². The van der Waals surface area contributed by atoms with Crippen LogP contribution in [0.4, 0.5) is 15.4 Å². The summed E-state index contributed by atoms with van der Waals surface area (Å²) in [5.41, 5.74) is 1.34. The Morgan fingerprint density at radius 3 is 2.54 bits per heavy atom. The van der Waals surface area contributed by atoms with Crippen molar-refractivity contribution in [2.45, 2.75) is 39.0 Å². The second-order valence-corrected chi connectivity index (χ2v) is 10.2. The van der Waals surface area contributed by atoms with Crippen molar-refractivity contribution in [2.75, 3.05) is 25.6 Å². The Bertz CT molecular complexity index is 1560. The molecule has 0 saturated heterocycles. The van der Waals surface area contributed by atoms with Crippen molar-refractivity contribution in [1.29, 1.82) is 5.26 Å². The molecule has 1 atom stereocenters. The molecule has 0 aliphatic rings. The second kappa shape index (κ2) is 12.9. The number of nitrogens with one attached hydrogen (secondary N) is 2. The molecule has 1 amide bonds. The van der Waals surface area contributed by atoms with E-state index in [1.165, 1.54) is 17.9 Å². The summed E-state index contributed by atoms with van der Waals surface area (Å²) in [7, 11) is 1.54. The van der Waals surface area contributed by atoms with Gasteiger partial charge in [0, 0.05) is 19.0 Å². The van der Waals surface area contributed by atoms with Crippen LogP contribution in [0, 0.1) is 11.3 Å². The topological polar surface area (TPSA) is 140 Å². The number of anilines is 1. The summed E-state index contributed by atoms with van der Waals surface area (Å²) in [6.45, 7) is 5.88. The van der Waals surface area contributed by atoms with E-state index in [0.717, 1.165) is 10.9 Å². The molecule has 11 nitrogen and oxygen atoms in total. The number of carbonyl (C=O) groups is 2. The number of fused-ring (bicyclic) bond motifs is 1. The highest BCUT2D eigenvalue weighted by atomic mass is 16.6. The van der Waals surface area contributed by atoms with Crippen molar-refractivity contribution in [3.8, 4) is 17.5 Å². The lowest BCUT2D eigenvalue weighted by atomic mass is 10.2. The summed E-state index contributed by atoms with van der Waals surface area (Å²) in [5.74, 6) is 0.321. The molecule has 0 bridgehead atoms. The van der Waals surface area contributed by atoms with Gasteiger partial charge >= 0.3 is 12.2 Å². The summed E-state index contributed by atoms with van der Waals surface area (Å²) in [4.78, 5) is 34.5. The minimum absolute atomic E-state index is 0.0362. The predicted octanol–water partition coefficient (Wildman–Crippen LogP) is 5.11. The lowest BCUT2D eigenvalue weighted by molar-refractivity contribution is 0.0547. The molecule has 212 valence electrons. The van der Waals surface area contributed by atoms with E-state index >= 15 is 0 Å². The first kappa shape index (κ1) is 29.0. The average Bonchev–Trinajstić information content (AvgIpc) is 3.34. The third-order valence-electron chi connectivity index (χ3n) is 5.83. The number of alkyl carbamates (subject to hydrolysis) is 1. The predicted molar refractivity (Wildman–Crippen MR) is 153 cm³/mol. The van der Waals surface area contributed by atoms with Gasteiger partial charge in [-0.3, -0.25) is 0 Å². The van der Waals surface area contributed by atoms with Crippen LogP contribution in [-0.4, -0.2) is 58.6 Å². The quantitative estimate of drug-likeness (QED) is 0.288. The maximum atomic E-state index is 13.3. The molecule has 0 unspecified atom stereocenters. The number of amides is 1. The summed E-state index contributed by atoms with van der Waals surface area (Å²) < 4.78 is 17.7. The van der Waals surface area contributed by atoms with Crippen LogP contribution in [0.15, 0.2) is 66.9 Å². The molecular weight excluding hydrogens is 524 g/mol. The van der Waals surface area contributed by atoms with E-state index in [9.17, 15) is 14.9 Å². The number of nitriles is 1. The third-order valence-corrected chi connectivity index (χ3v) is 5.83. The van der Waals surface area contributed by atoms with Gasteiger partial charge in [-0.2, -0.15) is 5.26 Å². The highest BCUT2D eigenvalue weighted by molar-refractivity contribution is 5.96. The lowest BCUT2D eigenvalue weighted by Crippen LogP contribution is -2.39. The molecule has 0 aliphatic carbocycles. The molecule has 11 heteroatoms. The van der Waals surface area contributed by atoms with Crippen molar-refractivity contribution in [3.05, 3.63) is 78.1 Å². The van der Waals surface area contributed by atoms with E-state index in [0.29, 0.717) is 17.0 Å². The molecule has 2 heterocycles. The Hall–Kier alpha value is -4.95. The number of methoxy groups -OCH3 is 1. The Morgan fingerprint density at radius 1 is 1.10 bits per heavy atom. The molecular formula is C30H32N6O5. The number of ether oxygens (including phenoxy) is 3. The van der Waals surface area contributed by atoms with Gasteiger partial charge in [-0.05, 0) is 38.5 Å². The molecule has 0 fully saturated rings. The SMILES string of the molecule is COC[C@@H](CNC(=O)OCc1ccccc1)Nc1cnc(C#N)c(-c2cc3ccccc3n2C(=O)OC(C)(C)C)n1. The zero-order valence-electron chi connectivity index (χ0n) is 23.4. The van der Waals surface area contributed by atoms with Crippen molar-refractivity contribution in [3.63, 3.8) is 0 Å². The monoisotopic (exact) mass is 556 g/mol. The van der Waals surface area contributed by atoms with Gasteiger partial charge in [0.1, 0.15) is 29.8 Å². The van der Waals surface area contributed by atoms with E-state index in [4.69, 9.17) is 14.2 Å². The number of aromatic nitrogens is 3. The van der Waals surface area contributed by atoms with Gasteiger partial charge in [0.25, 0.3) is 0 Å². The first-order valence-corrected chi connectivity index (χ1v) is 13.0. The first-order valence-electron chi connectivity index (χ1n) is 13.0. The molecule has 0 saturated carbocycles. The van der Waals surface area contributed by atoms with Gasteiger partial charge in [-0.25, -0.2) is 24.1 Å². The number of nitrogens with zero attached hydrogens (tertiary/aromatic N) is 4. The van der Waals surface area contributed by atoms with Gasteiger partial charge in [-0.15, -0.1) is 0 Å². The Balaban J connectivity index is 1.57. The Labute approximate surface area is 238 Å². The number of hydrogen-bond donors (Lipinski definition) is 2. The van der Waals surface area contributed by atoms with Gasteiger partial charge < -0.3 is 24.8 Å². The molecule has 4 rings (SSSR count). The van der Waals surface area contributed by atoms with Crippen LogP contribution in [0.25, 0.3) is 22.3 Å². The largest absolute Gasteiger partial charge is 0.445 e. The normalized spacial score (nSPS) is 11.9. The molecule has 2 aromatic carbocycles. The summed E-state index contributed by atoms with van der Waals surface area (Å²) in [6, 6.07) is 20.1. The summed E-state index contributed by atoms with van der Waals surface area (Å²) in [6.07, 6.45) is 0.234. The zero-order chi connectivity index (χ0) is 29.4. The van der Waals surface area contributed by atoms with Gasteiger partial charge in [-0.1, -0.05) is 48.5 Å². The van der Waals surface area contributed by atoms with Crippen LogP contribution in [-0.2, 0) is 20.8 Å². The third kappa shape index (κ3) is 7.58. The lowest BCUT2D eigenvalue weighted by Gasteiger charge is -2.21. The fourth-order valence-electron chi connectivity index (χ4n) is 4.10. The van der Waals surface area contributed by atoms with Crippen LogP contribution in [0.2, 0.25) is 0 Å². The first-order chi connectivity index (χ1) is 19.7. The molecule has 2 aromatic heterocycles. The van der Waals surface area contributed by atoms with E-state index in [2.05, 4.69) is 26.7 Å². The van der Waals surface area contributed by atoms with Crippen molar-refractivity contribution < 1.29 is 23.8 Å². The standard InChI is InChI=1S/C30H32N6O5/c1-30(2,3)41-29(38)36-24-13-9-8-12-21(24)14-25(36)27-23(15-31)32-17-26(35-27)34-22(19-39-4)16-33-28(37)40-18-20-10-6-5-7-11-20/h5-14,17,22H,16,18-19H2,1-4H3,(H,33,37)(H,34,35)/t22-/m1/s1. The van der Waals surface area contributed by atoms with E-state index < -0.39 is 23.8 Å². The van der Waals surface area contributed by atoms with Crippen LogP contribution < -0.4 is 10.6 Å². The molecule has 0 aliphatic heterocycles. The van der Waals surface area contributed by atoms with Crippen molar-refractivity contribution in [2.24, 2.45) is 0 Å². The highest BCUT2D eigenvalue weighted by Gasteiger charge is 2.25. The van der Waals surface area contributed by atoms with E-state index in [1.807, 2.05) is 48.5 Å². The van der Waals surface area contributed by atoms with Gasteiger partial charge in [0.2, 0.25) is 0 Å². The Morgan fingerprint density at radius 2 is 1.83 bits per heavy atom. The van der Waals surface area contributed by atoms with Crippen molar-refractivity contribution >= 4 is 28.9 Å². The van der Waals surface area contributed by atoms with Gasteiger partial charge in [0.15, 0.2) is 5.69 Å². The maximum Gasteiger partial charge on any atom is 0.419 e. The van der Waals surface area contributed by atoms with E-state index in [-0.39, 0.29) is 31.1 Å². The molecule has 2 N–H and O–H groups in total. The number of carbonyl (C=O) groups excluding carboxylic acids is 2. The van der Waals surface area contributed by atoms with Crippen LogP contribution >= 0.6 is 0 Å². The zero-order valence-corrected chi connectivity index (χ0v) is 23.4. The van der Waals surface area contributed by atoms with Crippen molar-refractivity contribution in [1.82, 2.24) is 19.9 Å². The average molecular weight is 557 g/mol. The van der Waals surface area contributed by atoms with Gasteiger partial charge in [0.05, 0.1) is 30.1 Å². The number of rotatable bonds is 9. The molecule has 4 aromatic rings. The number of benzene rings is 2. The summed E-state index contributed by atoms with van der Waals surface area (Å²) in [5, 5.41) is 16.5. The number of para-hydroxylation sites is 1. The fourth-order valence-corrected chi connectivity index (χ4v) is 4.10.